The van der Waals surface area contributed by atoms with Gasteiger partial charge in [0.15, 0.2) is 0 Å². The van der Waals surface area contributed by atoms with Gasteiger partial charge in [0.05, 0.1) is 5.54 Å². The number of hydrogen-bond acceptors (Lipinski definition) is 4. The van der Waals surface area contributed by atoms with Crippen LogP contribution in [-0.4, -0.2) is 66.6 Å². The second kappa shape index (κ2) is 5.77. The zero-order chi connectivity index (χ0) is 14.0. The number of nitrogens with two attached hydrogens (primary N) is 1. The van der Waals surface area contributed by atoms with E-state index in [1.54, 1.807) is 0 Å². The van der Waals surface area contributed by atoms with Gasteiger partial charge in [-0.2, -0.15) is 0 Å². The Morgan fingerprint density at radius 3 is 2.79 bits per heavy atom. The lowest BCUT2D eigenvalue weighted by Crippen LogP contribution is -2.57. The average Bonchev–Trinajstić information content (AvgIpc) is 2.75. The number of carbonyl (C=O) groups excluding carboxylic acids is 1. The van der Waals surface area contributed by atoms with Crippen molar-refractivity contribution in [3.05, 3.63) is 0 Å². The number of nitrogens with zero attached hydrogens (tertiary/aromatic N) is 2. The van der Waals surface area contributed by atoms with E-state index in [2.05, 4.69) is 29.1 Å². The fraction of sp³-hybridized carbons (Fsp3) is 0.929. The Hall–Kier alpha value is -0.650. The summed E-state index contributed by atoms with van der Waals surface area (Å²) in [6.07, 6.45) is 2.81. The molecule has 0 aromatic rings. The van der Waals surface area contributed by atoms with Crippen molar-refractivity contribution in [1.29, 1.82) is 0 Å². The second-order valence-electron chi connectivity index (χ2n) is 6.22. The zero-order valence-corrected chi connectivity index (χ0v) is 12.5. The van der Waals surface area contributed by atoms with Crippen LogP contribution in [0, 0.1) is 0 Å². The van der Waals surface area contributed by atoms with E-state index in [4.69, 9.17) is 5.73 Å². The normalized spacial score (nSPS) is 37.6. The SMILES string of the molecule is CCNC1(C(N)=O)CCC(N2CCN(C)CC2C)C1. The molecule has 1 heterocycles. The van der Waals surface area contributed by atoms with Crippen molar-refractivity contribution in [2.24, 2.45) is 5.73 Å². The maximum Gasteiger partial charge on any atom is 0.237 e. The van der Waals surface area contributed by atoms with Gasteiger partial charge in [0.25, 0.3) is 0 Å². The Kier molecular flexibility index (Phi) is 4.48. The molecule has 1 saturated carbocycles. The first-order valence-corrected chi connectivity index (χ1v) is 7.47. The number of primary amides is 1. The highest BCUT2D eigenvalue weighted by Crippen LogP contribution is 2.34. The van der Waals surface area contributed by atoms with Gasteiger partial charge in [-0.3, -0.25) is 9.69 Å². The van der Waals surface area contributed by atoms with Crippen molar-refractivity contribution >= 4 is 5.91 Å². The van der Waals surface area contributed by atoms with E-state index in [1.807, 2.05) is 6.92 Å². The molecule has 5 heteroatoms. The first-order chi connectivity index (χ1) is 8.98. The van der Waals surface area contributed by atoms with E-state index in [0.717, 1.165) is 45.4 Å². The minimum atomic E-state index is -0.470. The predicted octanol–water partition coefficient (Wildman–Crippen LogP) is 0.00840. The molecule has 1 aliphatic carbocycles. The number of piperazine rings is 1. The highest BCUT2D eigenvalue weighted by molar-refractivity contribution is 5.85. The van der Waals surface area contributed by atoms with Crippen molar-refractivity contribution in [3.63, 3.8) is 0 Å². The highest BCUT2D eigenvalue weighted by atomic mass is 16.1. The Morgan fingerprint density at radius 2 is 2.21 bits per heavy atom. The maximum absolute atomic E-state index is 11.8. The fourth-order valence-electron chi connectivity index (χ4n) is 3.81. The molecule has 0 aromatic carbocycles. The molecule has 0 radical (unpaired) electrons. The summed E-state index contributed by atoms with van der Waals surface area (Å²) < 4.78 is 0. The molecule has 1 amide bonds. The zero-order valence-electron chi connectivity index (χ0n) is 12.5. The summed E-state index contributed by atoms with van der Waals surface area (Å²) in [7, 11) is 2.18. The van der Waals surface area contributed by atoms with E-state index in [9.17, 15) is 4.79 Å². The van der Waals surface area contributed by atoms with Gasteiger partial charge in [-0.1, -0.05) is 6.92 Å². The topological polar surface area (TPSA) is 61.6 Å². The largest absolute Gasteiger partial charge is 0.368 e. The van der Waals surface area contributed by atoms with Gasteiger partial charge < -0.3 is 16.0 Å². The minimum Gasteiger partial charge on any atom is -0.368 e. The summed E-state index contributed by atoms with van der Waals surface area (Å²) in [6, 6.07) is 1.06. The molecule has 1 saturated heterocycles. The summed E-state index contributed by atoms with van der Waals surface area (Å²) in [6.45, 7) is 8.45. The number of likely N-dealkylation sites (N-methyl/N-ethyl adjacent to an activating group) is 2. The summed E-state index contributed by atoms with van der Waals surface area (Å²) in [5.41, 5.74) is 5.17. The van der Waals surface area contributed by atoms with Crippen LogP contribution in [0.25, 0.3) is 0 Å². The third kappa shape index (κ3) is 2.93. The van der Waals surface area contributed by atoms with Crippen LogP contribution in [-0.2, 0) is 4.79 Å². The van der Waals surface area contributed by atoms with Crippen molar-refractivity contribution < 1.29 is 4.79 Å². The Balaban J connectivity index is 2.02. The van der Waals surface area contributed by atoms with Crippen LogP contribution < -0.4 is 11.1 Å². The van der Waals surface area contributed by atoms with Gasteiger partial charge in [0.2, 0.25) is 5.91 Å². The van der Waals surface area contributed by atoms with E-state index in [-0.39, 0.29) is 5.91 Å². The molecular weight excluding hydrogens is 240 g/mol. The van der Waals surface area contributed by atoms with Crippen LogP contribution in [0.3, 0.4) is 0 Å². The molecule has 2 rings (SSSR count). The Morgan fingerprint density at radius 1 is 1.47 bits per heavy atom. The maximum atomic E-state index is 11.8. The van der Waals surface area contributed by atoms with E-state index in [1.165, 1.54) is 0 Å². The van der Waals surface area contributed by atoms with Gasteiger partial charge in [-0.25, -0.2) is 0 Å². The molecule has 2 aliphatic rings. The standard InChI is InChI=1S/C14H28N4O/c1-4-16-14(13(15)19)6-5-12(9-14)18-8-7-17(3)10-11(18)2/h11-12,16H,4-10H2,1-3H3,(H2,15,19). The number of nitrogens with one attached hydrogen (secondary N) is 1. The lowest BCUT2D eigenvalue weighted by atomic mass is 9.95. The van der Waals surface area contributed by atoms with Crippen molar-refractivity contribution in [3.8, 4) is 0 Å². The van der Waals surface area contributed by atoms with E-state index >= 15 is 0 Å². The van der Waals surface area contributed by atoms with E-state index < -0.39 is 5.54 Å². The molecule has 19 heavy (non-hydrogen) atoms. The summed E-state index contributed by atoms with van der Waals surface area (Å²) in [5.74, 6) is -0.182. The third-order valence-electron chi connectivity index (χ3n) is 4.83. The number of hydrogen-bond donors (Lipinski definition) is 2. The Bertz CT molecular complexity index is 335. The molecule has 3 atom stereocenters. The van der Waals surface area contributed by atoms with Gasteiger partial charge in [-0.15, -0.1) is 0 Å². The third-order valence-corrected chi connectivity index (χ3v) is 4.83. The number of rotatable bonds is 4. The first-order valence-electron chi connectivity index (χ1n) is 7.47. The van der Waals surface area contributed by atoms with Crippen LogP contribution in [0.2, 0.25) is 0 Å². The molecule has 1 aliphatic heterocycles. The molecule has 2 fully saturated rings. The molecule has 110 valence electrons. The lowest BCUT2D eigenvalue weighted by Gasteiger charge is -2.42. The average molecular weight is 268 g/mol. The molecule has 0 spiro atoms. The lowest BCUT2D eigenvalue weighted by molar-refractivity contribution is -0.124. The monoisotopic (exact) mass is 268 g/mol. The molecule has 0 aromatic heterocycles. The molecular formula is C14H28N4O. The van der Waals surface area contributed by atoms with Crippen LogP contribution >= 0.6 is 0 Å². The first kappa shape index (κ1) is 14.8. The van der Waals surface area contributed by atoms with Crippen LogP contribution in [0.1, 0.15) is 33.1 Å². The fourth-order valence-corrected chi connectivity index (χ4v) is 3.81. The summed E-state index contributed by atoms with van der Waals surface area (Å²) in [5, 5.41) is 3.34. The molecule has 0 bridgehead atoms. The van der Waals surface area contributed by atoms with Gasteiger partial charge in [-0.05, 0) is 39.8 Å². The number of carbonyl (C=O) groups is 1. The van der Waals surface area contributed by atoms with Crippen LogP contribution in [0.15, 0.2) is 0 Å². The Labute approximate surface area is 116 Å². The minimum absolute atomic E-state index is 0.182. The quantitative estimate of drug-likeness (QED) is 0.754. The van der Waals surface area contributed by atoms with Gasteiger partial charge in [0.1, 0.15) is 0 Å². The molecule has 3 unspecified atom stereocenters. The highest BCUT2D eigenvalue weighted by Gasteiger charge is 2.46. The van der Waals surface area contributed by atoms with Gasteiger partial charge >= 0.3 is 0 Å². The van der Waals surface area contributed by atoms with E-state index in [0.29, 0.717) is 12.1 Å². The smallest absolute Gasteiger partial charge is 0.237 e. The molecule has 3 N–H and O–H groups in total. The van der Waals surface area contributed by atoms with Crippen molar-refractivity contribution in [2.75, 3.05) is 33.2 Å². The second-order valence-corrected chi connectivity index (χ2v) is 6.22. The van der Waals surface area contributed by atoms with Crippen LogP contribution in [0.4, 0.5) is 0 Å². The van der Waals surface area contributed by atoms with Crippen LogP contribution in [0.5, 0.6) is 0 Å². The van der Waals surface area contributed by atoms with Gasteiger partial charge in [0, 0.05) is 31.7 Å². The summed E-state index contributed by atoms with van der Waals surface area (Å²) in [4.78, 5) is 16.8. The van der Waals surface area contributed by atoms with Crippen molar-refractivity contribution in [2.45, 2.75) is 50.7 Å². The number of amides is 1. The van der Waals surface area contributed by atoms with Crippen molar-refractivity contribution in [1.82, 2.24) is 15.1 Å². The predicted molar refractivity (Wildman–Crippen MR) is 76.9 cm³/mol. The molecule has 5 nitrogen and oxygen atoms in total. The summed E-state index contributed by atoms with van der Waals surface area (Å²) >= 11 is 0.